The molecule has 1 aliphatic heterocycles. The Hall–Kier alpha value is -2.13. The van der Waals surface area contributed by atoms with Gasteiger partial charge in [-0.05, 0) is 47.4 Å². The van der Waals surface area contributed by atoms with Gasteiger partial charge >= 0.3 is 0 Å². The Morgan fingerprint density at radius 1 is 0.923 bits per heavy atom. The quantitative estimate of drug-likeness (QED) is 0.916. The molecule has 1 N–H and O–H groups in total. The summed E-state index contributed by atoms with van der Waals surface area (Å²) in [6.45, 7) is 2.21. The molecule has 1 unspecified atom stereocenters. The number of carbonyl (C=O) groups excluding carboxylic acids is 1. The van der Waals surface area contributed by atoms with E-state index < -0.39 is 0 Å². The summed E-state index contributed by atoms with van der Waals surface area (Å²) in [5.74, 6) is 1.70. The standard InChI is InChI=1S/C23H25NO2/c25-23(15-9-11-26-12-10-15)24-14-16-13-21-17-5-1-3-7-19(17)22(16)20-8-4-2-6-18(20)21/h1-8,15-16,21-22H,9-14H2,(H,24,25). The zero-order chi connectivity index (χ0) is 17.5. The molecule has 0 saturated carbocycles. The van der Waals surface area contributed by atoms with Gasteiger partial charge in [0.1, 0.15) is 0 Å². The van der Waals surface area contributed by atoms with Crippen LogP contribution in [0.15, 0.2) is 48.5 Å². The summed E-state index contributed by atoms with van der Waals surface area (Å²) in [5.41, 5.74) is 5.91. The van der Waals surface area contributed by atoms with Gasteiger partial charge < -0.3 is 10.1 Å². The molecule has 0 spiro atoms. The van der Waals surface area contributed by atoms with E-state index in [0.717, 1.165) is 25.8 Å². The van der Waals surface area contributed by atoms with Crippen LogP contribution in [0.2, 0.25) is 0 Å². The Morgan fingerprint density at radius 3 is 2.12 bits per heavy atom. The highest BCUT2D eigenvalue weighted by atomic mass is 16.5. The van der Waals surface area contributed by atoms with E-state index in [4.69, 9.17) is 4.74 Å². The predicted molar refractivity (Wildman–Crippen MR) is 101 cm³/mol. The molecule has 4 aliphatic rings. The van der Waals surface area contributed by atoms with E-state index in [1.165, 1.54) is 22.3 Å². The number of ether oxygens (including phenoxy) is 1. The van der Waals surface area contributed by atoms with E-state index in [-0.39, 0.29) is 11.8 Å². The molecule has 0 radical (unpaired) electrons. The maximum Gasteiger partial charge on any atom is 0.223 e. The first-order valence-electron chi connectivity index (χ1n) is 9.86. The van der Waals surface area contributed by atoms with Crippen molar-refractivity contribution >= 4 is 5.91 Å². The molecule has 1 amide bonds. The molecule has 2 bridgehead atoms. The fourth-order valence-electron chi connectivity index (χ4n) is 5.30. The molecule has 3 nitrogen and oxygen atoms in total. The van der Waals surface area contributed by atoms with Crippen LogP contribution in [0.4, 0.5) is 0 Å². The number of nitrogens with one attached hydrogen (secondary N) is 1. The SMILES string of the molecule is O=C(NCC1CC2c3ccccc3C1c1ccccc12)C1CCOCC1. The molecule has 1 fully saturated rings. The van der Waals surface area contributed by atoms with Gasteiger partial charge in [-0.2, -0.15) is 0 Å². The number of carbonyl (C=O) groups is 1. The van der Waals surface area contributed by atoms with Crippen LogP contribution in [-0.4, -0.2) is 25.7 Å². The number of amides is 1. The Kier molecular flexibility index (Phi) is 4.05. The molecule has 3 aliphatic carbocycles. The van der Waals surface area contributed by atoms with Crippen LogP contribution in [0.1, 0.15) is 53.4 Å². The van der Waals surface area contributed by atoms with E-state index in [1.54, 1.807) is 0 Å². The average molecular weight is 347 g/mol. The van der Waals surface area contributed by atoms with Crippen molar-refractivity contribution in [2.45, 2.75) is 31.1 Å². The fourth-order valence-corrected chi connectivity index (χ4v) is 5.30. The third-order valence-electron chi connectivity index (χ3n) is 6.55. The number of benzene rings is 2. The van der Waals surface area contributed by atoms with Crippen LogP contribution in [0.3, 0.4) is 0 Å². The van der Waals surface area contributed by atoms with E-state index in [9.17, 15) is 4.79 Å². The zero-order valence-electron chi connectivity index (χ0n) is 15.0. The monoisotopic (exact) mass is 347 g/mol. The topological polar surface area (TPSA) is 38.3 Å². The molecule has 0 aromatic heterocycles. The van der Waals surface area contributed by atoms with Crippen LogP contribution >= 0.6 is 0 Å². The van der Waals surface area contributed by atoms with Gasteiger partial charge in [0.05, 0.1) is 0 Å². The second-order valence-corrected chi connectivity index (χ2v) is 7.92. The van der Waals surface area contributed by atoms with Crippen LogP contribution in [-0.2, 0) is 9.53 Å². The first-order valence-corrected chi connectivity index (χ1v) is 9.86. The summed E-state index contributed by atoms with van der Waals surface area (Å²) in [6.07, 6.45) is 2.84. The lowest BCUT2D eigenvalue weighted by atomic mass is 9.59. The summed E-state index contributed by atoms with van der Waals surface area (Å²) in [6, 6.07) is 17.8. The Balaban J connectivity index is 1.39. The summed E-state index contributed by atoms with van der Waals surface area (Å²) in [5, 5.41) is 3.27. The molecular formula is C23H25NO2. The lowest BCUT2D eigenvalue weighted by molar-refractivity contribution is -0.128. The smallest absolute Gasteiger partial charge is 0.223 e. The normalized spacial score (nSPS) is 26.8. The van der Waals surface area contributed by atoms with Gasteiger partial charge in [0.15, 0.2) is 0 Å². The van der Waals surface area contributed by atoms with Gasteiger partial charge in [-0.15, -0.1) is 0 Å². The van der Waals surface area contributed by atoms with Crippen molar-refractivity contribution in [3.8, 4) is 0 Å². The summed E-state index contributed by atoms with van der Waals surface area (Å²) >= 11 is 0. The van der Waals surface area contributed by atoms with Gasteiger partial charge in [-0.25, -0.2) is 0 Å². The van der Waals surface area contributed by atoms with Crippen LogP contribution in [0, 0.1) is 11.8 Å². The molecule has 26 heavy (non-hydrogen) atoms. The lowest BCUT2D eigenvalue weighted by Crippen LogP contribution is -2.42. The zero-order valence-corrected chi connectivity index (χ0v) is 15.0. The molecule has 2 aromatic rings. The van der Waals surface area contributed by atoms with Crippen LogP contribution < -0.4 is 5.32 Å². The van der Waals surface area contributed by atoms with Crippen molar-refractivity contribution in [3.05, 3.63) is 70.8 Å². The van der Waals surface area contributed by atoms with Crippen molar-refractivity contribution < 1.29 is 9.53 Å². The minimum atomic E-state index is 0.129. The van der Waals surface area contributed by atoms with E-state index in [2.05, 4.69) is 53.8 Å². The van der Waals surface area contributed by atoms with E-state index >= 15 is 0 Å². The van der Waals surface area contributed by atoms with E-state index in [1.807, 2.05) is 0 Å². The number of rotatable bonds is 3. The molecule has 2 aromatic carbocycles. The molecule has 3 heteroatoms. The number of hydrogen-bond acceptors (Lipinski definition) is 2. The summed E-state index contributed by atoms with van der Waals surface area (Å²) in [4.78, 5) is 12.6. The molecule has 134 valence electrons. The molecule has 6 rings (SSSR count). The second kappa shape index (κ2) is 6.55. The highest BCUT2D eigenvalue weighted by molar-refractivity contribution is 5.78. The highest BCUT2D eigenvalue weighted by Gasteiger charge is 2.43. The van der Waals surface area contributed by atoms with Crippen LogP contribution in [0.5, 0.6) is 0 Å². The van der Waals surface area contributed by atoms with Crippen molar-refractivity contribution in [1.29, 1.82) is 0 Å². The van der Waals surface area contributed by atoms with Gasteiger partial charge in [-0.1, -0.05) is 48.5 Å². The minimum absolute atomic E-state index is 0.129. The fraction of sp³-hybridized carbons (Fsp3) is 0.435. The van der Waals surface area contributed by atoms with Crippen molar-refractivity contribution in [2.75, 3.05) is 19.8 Å². The van der Waals surface area contributed by atoms with Gasteiger partial charge in [-0.3, -0.25) is 4.79 Å². The predicted octanol–water partition coefficient (Wildman–Crippen LogP) is 3.83. The van der Waals surface area contributed by atoms with Crippen molar-refractivity contribution in [2.24, 2.45) is 11.8 Å². The number of hydrogen-bond donors (Lipinski definition) is 1. The molecular weight excluding hydrogens is 322 g/mol. The first-order chi connectivity index (χ1) is 12.8. The average Bonchev–Trinajstić information content (AvgIpc) is 2.73. The number of fused-ring (bicyclic) bond motifs is 1. The lowest BCUT2D eigenvalue weighted by Gasteiger charge is -2.45. The Labute approximate surface area is 154 Å². The van der Waals surface area contributed by atoms with Crippen molar-refractivity contribution in [1.82, 2.24) is 5.32 Å². The summed E-state index contributed by atoms with van der Waals surface area (Å²) < 4.78 is 5.38. The first kappa shape index (κ1) is 16.1. The maximum absolute atomic E-state index is 12.6. The van der Waals surface area contributed by atoms with Crippen molar-refractivity contribution in [3.63, 3.8) is 0 Å². The Morgan fingerprint density at radius 2 is 1.50 bits per heavy atom. The third kappa shape index (κ3) is 2.57. The van der Waals surface area contributed by atoms with Crippen LogP contribution in [0.25, 0.3) is 0 Å². The highest BCUT2D eigenvalue weighted by Crippen LogP contribution is 2.55. The minimum Gasteiger partial charge on any atom is -0.381 e. The van der Waals surface area contributed by atoms with Gasteiger partial charge in [0, 0.05) is 37.5 Å². The third-order valence-corrected chi connectivity index (χ3v) is 6.55. The molecule has 1 saturated heterocycles. The summed E-state index contributed by atoms with van der Waals surface area (Å²) in [7, 11) is 0. The molecule has 1 heterocycles. The van der Waals surface area contributed by atoms with Gasteiger partial charge in [0.25, 0.3) is 0 Å². The second-order valence-electron chi connectivity index (χ2n) is 7.92. The molecule has 1 atom stereocenters. The Bertz CT molecular complexity index is 777. The maximum atomic E-state index is 12.6. The van der Waals surface area contributed by atoms with Gasteiger partial charge in [0.2, 0.25) is 5.91 Å². The largest absolute Gasteiger partial charge is 0.381 e. The van der Waals surface area contributed by atoms with E-state index in [0.29, 0.717) is 31.0 Å².